The molecule has 2 N–H and O–H groups in total. The van der Waals surface area contributed by atoms with Crippen LogP contribution in [0.1, 0.15) is 32.1 Å². The van der Waals surface area contributed by atoms with Gasteiger partial charge in [0, 0.05) is 0 Å². The van der Waals surface area contributed by atoms with Crippen molar-refractivity contribution in [3.8, 4) is 0 Å². The summed E-state index contributed by atoms with van der Waals surface area (Å²) in [5, 5.41) is 17.2. The third kappa shape index (κ3) is 9.50. The van der Waals surface area contributed by atoms with Crippen molar-refractivity contribution in [3.05, 3.63) is 0 Å². The van der Waals surface area contributed by atoms with Crippen LogP contribution in [0.2, 0.25) is 0 Å². The van der Waals surface area contributed by atoms with Crippen LogP contribution in [-0.2, 0) is 0 Å². The zero-order valence-corrected chi connectivity index (χ0v) is 8.74. The molecular formula is C10H22NO2+. The Morgan fingerprint density at radius 1 is 1.23 bits per heavy atom. The van der Waals surface area contributed by atoms with Crippen LogP contribution in [0.15, 0.2) is 0 Å². The van der Waals surface area contributed by atoms with Crippen molar-refractivity contribution in [2.24, 2.45) is 0 Å². The van der Waals surface area contributed by atoms with E-state index in [1.54, 1.807) is 0 Å². The lowest BCUT2D eigenvalue weighted by Crippen LogP contribution is -2.14. The molecule has 0 amide bonds. The number of aliphatic hydroxyl groups excluding tert-OH is 2. The molecule has 1 unspecified atom stereocenters. The van der Waals surface area contributed by atoms with Gasteiger partial charge in [0.1, 0.15) is 20.3 Å². The first-order valence-corrected chi connectivity index (χ1v) is 4.95. The third-order valence-corrected chi connectivity index (χ3v) is 1.95. The molecule has 0 aliphatic heterocycles. The Balaban J connectivity index is 0.000000293. The van der Waals surface area contributed by atoms with Gasteiger partial charge in [0.05, 0.1) is 19.1 Å². The van der Waals surface area contributed by atoms with E-state index in [-0.39, 0.29) is 6.61 Å². The summed E-state index contributed by atoms with van der Waals surface area (Å²) in [6, 6.07) is 0. The largest absolute Gasteiger partial charge is 0.394 e. The fraction of sp³-hybridized carbons (Fsp3) is 0.900. The minimum absolute atomic E-state index is 0.162. The van der Waals surface area contributed by atoms with E-state index in [1.165, 1.54) is 25.7 Å². The van der Waals surface area contributed by atoms with Gasteiger partial charge in [-0.05, 0) is 0 Å². The second-order valence-corrected chi connectivity index (χ2v) is 3.63. The number of hydrogen-bond acceptors (Lipinski definition) is 2. The van der Waals surface area contributed by atoms with Crippen molar-refractivity contribution >= 4 is 6.21 Å². The van der Waals surface area contributed by atoms with Gasteiger partial charge in [-0.2, -0.15) is 0 Å². The molecule has 0 aromatic rings. The topological polar surface area (TPSA) is 43.5 Å². The average molecular weight is 188 g/mol. The Kier molecular flexibility index (Phi) is 7.94. The van der Waals surface area contributed by atoms with E-state index in [1.807, 2.05) is 24.9 Å². The number of nitrogens with zero attached hydrogens (tertiary/aromatic N) is 1. The highest BCUT2D eigenvalue weighted by molar-refractivity contribution is 5.51. The Morgan fingerprint density at radius 3 is 1.92 bits per heavy atom. The molecule has 0 spiro atoms. The molecule has 3 nitrogen and oxygen atoms in total. The van der Waals surface area contributed by atoms with E-state index in [2.05, 4.69) is 0 Å². The maximum Gasteiger partial charge on any atom is 0.141 e. The molecule has 1 fully saturated rings. The molecule has 0 saturated heterocycles. The van der Waals surface area contributed by atoms with Crippen LogP contribution >= 0.6 is 0 Å². The van der Waals surface area contributed by atoms with Crippen LogP contribution in [-0.4, -0.2) is 47.8 Å². The average Bonchev–Trinajstić information content (AvgIpc) is 1.96. The first-order valence-electron chi connectivity index (χ1n) is 4.95. The van der Waals surface area contributed by atoms with Crippen molar-refractivity contribution in [2.75, 3.05) is 20.7 Å². The van der Waals surface area contributed by atoms with Gasteiger partial charge in [-0.3, -0.25) is 0 Å². The number of rotatable bonds is 3. The molecule has 1 aliphatic rings. The van der Waals surface area contributed by atoms with Gasteiger partial charge in [0.25, 0.3) is 0 Å². The Labute approximate surface area is 80.7 Å². The van der Waals surface area contributed by atoms with Gasteiger partial charge >= 0.3 is 0 Å². The van der Waals surface area contributed by atoms with E-state index >= 15 is 0 Å². The van der Waals surface area contributed by atoms with Crippen LogP contribution in [0.3, 0.4) is 0 Å². The van der Waals surface area contributed by atoms with Crippen molar-refractivity contribution in [1.29, 1.82) is 0 Å². The molecule has 3 heteroatoms. The van der Waals surface area contributed by atoms with Crippen LogP contribution in [0.25, 0.3) is 0 Å². The van der Waals surface area contributed by atoms with Crippen molar-refractivity contribution < 1.29 is 14.8 Å². The molecule has 1 atom stereocenters. The minimum Gasteiger partial charge on any atom is -0.394 e. The molecule has 0 aromatic carbocycles. The molecule has 1 aliphatic carbocycles. The van der Waals surface area contributed by atoms with Crippen molar-refractivity contribution in [3.63, 3.8) is 0 Å². The third-order valence-electron chi connectivity index (χ3n) is 1.95. The van der Waals surface area contributed by atoms with Gasteiger partial charge in [-0.25, -0.2) is 4.58 Å². The standard InChI is InChI=1S/C6H14NO2.C4H8/c1-7(2)4-3-6(9)5-8;1-2-4-3-1/h4,6,8-9H,3,5H2,1-2H3;1-4H2/q+1;. The van der Waals surface area contributed by atoms with Gasteiger partial charge in [-0.1, -0.05) is 25.7 Å². The van der Waals surface area contributed by atoms with Gasteiger partial charge in [0.2, 0.25) is 0 Å². The van der Waals surface area contributed by atoms with Gasteiger partial charge < -0.3 is 10.2 Å². The molecule has 0 aromatic heterocycles. The normalized spacial score (nSPS) is 16.3. The maximum atomic E-state index is 8.80. The predicted molar refractivity (Wildman–Crippen MR) is 54.4 cm³/mol. The monoisotopic (exact) mass is 188 g/mol. The molecular weight excluding hydrogens is 166 g/mol. The quantitative estimate of drug-likeness (QED) is 0.504. The summed E-state index contributed by atoms with van der Waals surface area (Å²) in [6.07, 6.45) is 7.73. The van der Waals surface area contributed by atoms with Crippen molar-refractivity contribution in [1.82, 2.24) is 0 Å². The molecule has 1 saturated carbocycles. The molecule has 78 valence electrons. The summed E-state index contributed by atoms with van der Waals surface area (Å²) < 4.78 is 1.85. The Hall–Kier alpha value is -0.410. The van der Waals surface area contributed by atoms with Crippen LogP contribution < -0.4 is 0 Å². The number of aliphatic hydroxyl groups is 2. The van der Waals surface area contributed by atoms with E-state index in [9.17, 15) is 0 Å². The summed E-state index contributed by atoms with van der Waals surface area (Å²) >= 11 is 0. The Bertz CT molecular complexity index is 134. The van der Waals surface area contributed by atoms with Crippen LogP contribution in [0.5, 0.6) is 0 Å². The lowest BCUT2D eigenvalue weighted by molar-refractivity contribution is -0.460. The minimum atomic E-state index is -0.604. The first-order chi connectivity index (χ1) is 6.16. The first kappa shape index (κ1) is 12.6. The lowest BCUT2D eigenvalue weighted by atomic mass is 10.0. The fourth-order valence-corrected chi connectivity index (χ4v) is 0.657. The summed E-state index contributed by atoms with van der Waals surface area (Å²) in [7, 11) is 3.76. The van der Waals surface area contributed by atoms with E-state index in [0.717, 1.165) is 0 Å². The smallest absolute Gasteiger partial charge is 0.141 e. The highest BCUT2D eigenvalue weighted by Crippen LogP contribution is 2.15. The lowest BCUT2D eigenvalue weighted by Gasteiger charge is -2.05. The second kappa shape index (κ2) is 8.20. The summed E-state index contributed by atoms with van der Waals surface area (Å²) in [5.74, 6) is 0. The molecule has 13 heavy (non-hydrogen) atoms. The zero-order chi connectivity index (χ0) is 10.1. The Morgan fingerprint density at radius 2 is 1.69 bits per heavy atom. The second-order valence-electron chi connectivity index (χ2n) is 3.63. The summed E-state index contributed by atoms with van der Waals surface area (Å²) in [6.45, 7) is -0.162. The van der Waals surface area contributed by atoms with Crippen LogP contribution in [0.4, 0.5) is 0 Å². The predicted octanol–water partition coefficient (Wildman–Crippen LogP) is 0.633. The van der Waals surface area contributed by atoms with Crippen molar-refractivity contribution in [2.45, 2.75) is 38.2 Å². The highest BCUT2D eigenvalue weighted by atomic mass is 16.3. The molecule has 1 rings (SSSR count). The fourth-order valence-electron chi connectivity index (χ4n) is 0.657. The molecule has 0 bridgehead atoms. The highest BCUT2D eigenvalue weighted by Gasteiger charge is 1.99. The maximum absolute atomic E-state index is 8.80. The summed E-state index contributed by atoms with van der Waals surface area (Å²) in [5.41, 5.74) is 0. The van der Waals surface area contributed by atoms with E-state index in [4.69, 9.17) is 10.2 Å². The summed E-state index contributed by atoms with van der Waals surface area (Å²) in [4.78, 5) is 0. The number of hydrogen-bond donors (Lipinski definition) is 2. The van der Waals surface area contributed by atoms with E-state index in [0.29, 0.717) is 6.42 Å². The zero-order valence-electron chi connectivity index (χ0n) is 8.74. The van der Waals surface area contributed by atoms with Gasteiger partial charge in [-0.15, -0.1) is 0 Å². The van der Waals surface area contributed by atoms with E-state index < -0.39 is 6.10 Å². The SMILES string of the molecule is C1CCC1.C[N+](C)=CCC(O)CO. The molecule has 0 radical (unpaired) electrons. The van der Waals surface area contributed by atoms with Crippen LogP contribution in [0, 0.1) is 0 Å². The molecule has 0 heterocycles. The van der Waals surface area contributed by atoms with Gasteiger partial charge in [0.15, 0.2) is 0 Å².